The highest BCUT2D eigenvalue weighted by Crippen LogP contribution is 2.10. The van der Waals surface area contributed by atoms with Gasteiger partial charge in [0.1, 0.15) is 12.2 Å². The lowest BCUT2D eigenvalue weighted by Crippen LogP contribution is -2.41. The average Bonchev–Trinajstić information content (AvgIpc) is 2.47. The summed E-state index contributed by atoms with van der Waals surface area (Å²) >= 11 is 0. The van der Waals surface area contributed by atoms with E-state index < -0.39 is 10.2 Å². The lowest BCUT2D eigenvalue weighted by molar-refractivity contribution is 0.336. The molecule has 1 aromatic rings. The predicted octanol–water partition coefficient (Wildman–Crippen LogP) is -1.70. The van der Waals surface area contributed by atoms with Crippen LogP contribution in [0.4, 0.5) is 0 Å². The SMILES string of the molecule is NS(=O)(=O)N1CCn2cnnc2C1. The minimum Gasteiger partial charge on any atom is -0.315 e. The van der Waals surface area contributed by atoms with Gasteiger partial charge in [-0.3, -0.25) is 0 Å². The second kappa shape index (κ2) is 2.76. The molecule has 1 aromatic heterocycles. The molecule has 0 bridgehead atoms. The highest BCUT2D eigenvalue weighted by Gasteiger charge is 2.24. The van der Waals surface area contributed by atoms with Gasteiger partial charge in [0.25, 0.3) is 10.2 Å². The minimum atomic E-state index is -3.59. The fraction of sp³-hybridized carbons (Fsp3) is 0.600. The molecule has 2 heterocycles. The Morgan fingerprint density at radius 2 is 2.23 bits per heavy atom. The molecule has 7 nitrogen and oxygen atoms in total. The summed E-state index contributed by atoms with van der Waals surface area (Å²) in [6.07, 6.45) is 1.58. The van der Waals surface area contributed by atoms with Crippen molar-refractivity contribution in [2.24, 2.45) is 5.14 Å². The fourth-order valence-corrected chi connectivity index (χ4v) is 1.89. The summed E-state index contributed by atoms with van der Waals surface area (Å²) < 4.78 is 24.9. The van der Waals surface area contributed by atoms with E-state index in [0.717, 1.165) is 0 Å². The molecule has 0 spiro atoms. The number of nitrogens with zero attached hydrogens (tertiary/aromatic N) is 4. The number of fused-ring (bicyclic) bond motifs is 1. The third-order valence-electron chi connectivity index (χ3n) is 1.96. The van der Waals surface area contributed by atoms with Crippen molar-refractivity contribution < 1.29 is 8.42 Å². The van der Waals surface area contributed by atoms with Crippen molar-refractivity contribution >= 4 is 10.2 Å². The maximum Gasteiger partial charge on any atom is 0.277 e. The van der Waals surface area contributed by atoms with Crippen molar-refractivity contribution in [1.82, 2.24) is 19.1 Å². The number of nitrogens with two attached hydrogens (primary N) is 1. The van der Waals surface area contributed by atoms with E-state index in [1.807, 2.05) is 4.57 Å². The number of rotatable bonds is 1. The molecule has 0 radical (unpaired) electrons. The van der Waals surface area contributed by atoms with Crippen LogP contribution >= 0.6 is 0 Å². The smallest absolute Gasteiger partial charge is 0.277 e. The molecule has 0 unspecified atom stereocenters. The molecule has 1 aliphatic rings. The van der Waals surface area contributed by atoms with Gasteiger partial charge in [0.2, 0.25) is 0 Å². The van der Waals surface area contributed by atoms with Gasteiger partial charge in [-0.15, -0.1) is 10.2 Å². The van der Waals surface area contributed by atoms with Gasteiger partial charge in [0.05, 0.1) is 6.54 Å². The highest BCUT2D eigenvalue weighted by atomic mass is 32.2. The Balaban J connectivity index is 2.27. The molecule has 2 N–H and O–H groups in total. The Morgan fingerprint density at radius 1 is 1.46 bits per heavy atom. The molecule has 0 atom stereocenters. The Kier molecular flexibility index (Phi) is 1.82. The first kappa shape index (κ1) is 8.60. The third kappa shape index (κ3) is 1.55. The van der Waals surface area contributed by atoms with Gasteiger partial charge in [-0.05, 0) is 0 Å². The molecule has 13 heavy (non-hydrogen) atoms. The van der Waals surface area contributed by atoms with Crippen molar-refractivity contribution in [3.63, 3.8) is 0 Å². The first-order chi connectivity index (χ1) is 6.07. The summed E-state index contributed by atoms with van der Waals surface area (Å²) in [5.74, 6) is 0.625. The van der Waals surface area contributed by atoms with Gasteiger partial charge in [0.15, 0.2) is 0 Å². The van der Waals surface area contributed by atoms with E-state index in [9.17, 15) is 8.42 Å². The Labute approximate surface area is 75.3 Å². The van der Waals surface area contributed by atoms with Crippen molar-refractivity contribution in [2.45, 2.75) is 13.1 Å². The zero-order valence-electron chi connectivity index (χ0n) is 6.79. The Hall–Kier alpha value is -0.990. The highest BCUT2D eigenvalue weighted by molar-refractivity contribution is 7.86. The van der Waals surface area contributed by atoms with Crippen LogP contribution in [0.1, 0.15) is 5.82 Å². The van der Waals surface area contributed by atoms with Crippen molar-refractivity contribution in [1.29, 1.82) is 0 Å². The van der Waals surface area contributed by atoms with Crippen molar-refractivity contribution in [3.05, 3.63) is 12.2 Å². The fourth-order valence-electron chi connectivity index (χ4n) is 1.26. The van der Waals surface area contributed by atoms with Crippen LogP contribution in [0.25, 0.3) is 0 Å². The van der Waals surface area contributed by atoms with Crippen LogP contribution in [-0.4, -0.2) is 34.0 Å². The first-order valence-electron chi connectivity index (χ1n) is 3.72. The van der Waals surface area contributed by atoms with Gasteiger partial charge in [0, 0.05) is 13.1 Å². The average molecular weight is 203 g/mol. The summed E-state index contributed by atoms with van der Waals surface area (Å²) in [6, 6.07) is 0. The van der Waals surface area contributed by atoms with E-state index in [0.29, 0.717) is 18.9 Å². The minimum absolute atomic E-state index is 0.207. The first-order valence-corrected chi connectivity index (χ1v) is 5.22. The molecule has 1 aliphatic heterocycles. The molecular formula is C5H9N5O2S. The van der Waals surface area contributed by atoms with Crippen LogP contribution in [0, 0.1) is 0 Å². The lowest BCUT2D eigenvalue weighted by atomic mass is 10.4. The number of hydrogen-bond donors (Lipinski definition) is 1. The standard InChI is InChI=1S/C5H9N5O2S/c6-13(11,12)10-2-1-9-4-7-8-5(9)3-10/h4H,1-3H2,(H2,6,11,12). The van der Waals surface area contributed by atoms with E-state index in [1.54, 1.807) is 6.33 Å². The van der Waals surface area contributed by atoms with Crippen LogP contribution in [-0.2, 0) is 23.3 Å². The monoisotopic (exact) mass is 203 g/mol. The van der Waals surface area contributed by atoms with Gasteiger partial charge in [-0.25, -0.2) is 5.14 Å². The normalized spacial score (nSPS) is 18.5. The number of aromatic nitrogens is 3. The molecule has 0 amide bonds. The zero-order chi connectivity index (χ0) is 9.47. The van der Waals surface area contributed by atoms with Crippen molar-refractivity contribution in [2.75, 3.05) is 6.54 Å². The molecule has 0 saturated heterocycles. The second-order valence-electron chi connectivity index (χ2n) is 2.82. The molecule has 8 heteroatoms. The molecular weight excluding hydrogens is 194 g/mol. The Bertz CT molecular complexity index is 410. The van der Waals surface area contributed by atoms with E-state index >= 15 is 0 Å². The zero-order valence-corrected chi connectivity index (χ0v) is 7.61. The summed E-state index contributed by atoms with van der Waals surface area (Å²) in [6.45, 7) is 1.14. The molecule has 0 aliphatic carbocycles. The maximum absolute atomic E-state index is 11.0. The maximum atomic E-state index is 11.0. The van der Waals surface area contributed by atoms with Crippen LogP contribution in [0.2, 0.25) is 0 Å². The molecule has 72 valence electrons. The second-order valence-corrected chi connectivity index (χ2v) is 4.37. The lowest BCUT2D eigenvalue weighted by Gasteiger charge is -2.23. The van der Waals surface area contributed by atoms with Crippen molar-refractivity contribution in [3.8, 4) is 0 Å². The predicted molar refractivity (Wildman–Crippen MR) is 43.5 cm³/mol. The van der Waals surface area contributed by atoms with Gasteiger partial charge < -0.3 is 4.57 Å². The Morgan fingerprint density at radius 3 is 2.92 bits per heavy atom. The number of hydrogen-bond acceptors (Lipinski definition) is 4. The van der Waals surface area contributed by atoms with E-state index in [2.05, 4.69) is 10.2 Å². The third-order valence-corrected chi connectivity index (χ3v) is 3.00. The summed E-state index contributed by atoms with van der Waals surface area (Å²) in [5.41, 5.74) is 0. The van der Waals surface area contributed by atoms with Crippen LogP contribution < -0.4 is 5.14 Å². The summed E-state index contributed by atoms with van der Waals surface area (Å²) in [4.78, 5) is 0. The van der Waals surface area contributed by atoms with E-state index in [4.69, 9.17) is 5.14 Å². The van der Waals surface area contributed by atoms with Gasteiger partial charge >= 0.3 is 0 Å². The molecule has 2 rings (SSSR count). The summed E-state index contributed by atoms with van der Waals surface area (Å²) in [7, 11) is -3.59. The largest absolute Gasteiger partial charge is 0.315 e. The molecule has 0 aromatic carbocycles. The van der Waals surface area contributed by atoms with E-state index in [1.165, 1.54) is 4.31 Å². The topological polar surface area (TPSA) is 94.1 Å². The van der Waals surface area contributed by atoms with Crippen LogP contribution in [0.3, 0.4) is 0 Å². The summed E-state index contributed by atoms with van der Waals surface area (Å²) in [5, 5.41) is 12.4. The van der Waals surface area contributed by atoms with Crippen LogP contribution in [0.15, 0.2) is 6.33 Å². The molecule has 0 saturated carbocycles. The molecule has 0 fully saturated rings. The van der Waals surface area contributed by atoms with Gasteiger partial charge in [-0.2, -0.15) is 12.7 Å². The quantitative estimate of drug-likeness (QED) is 0.588. The van der Waals surface area contributed by atoms with Gasteiger partial charge in [-0.1, -0.05) is 0 Å². The van der Waals surface area contributed by atoms with E-state index in [-0.39, 0.29) is 6.54 Å². The van der Waals surface area contributed by atoms with Crippen LogP contribution in [0.5, 0.6) is 0 Å².